The summed E-state index contributed by atoms with van der Waals surface area (Å²) in [6.45, 7) is 2.84. The lowest BCUT2D eigenvalue weighted by molar-refractivity contribution is -0.130. The summed E-state index contributed by atoms with van der Waals surface area (Å²) < 4.78 is 0. The summed E-state index contributed by atoms with van der Waals surface area (Å²) in [6.07, 6.45) is 4.54. The van der Waals surface area contributed by atoms with Gasteiger partial charge in [0.15, 0.2) is 5.13 Å². The van der Waals surface area contributed by atoms with Gasteiger partial charge < -0.3 is 9.80 Å². The van der Waals surface area contributed by atoms with E-state index in [2.05, 4.69) is 25.2 Å². The van der Waals surface area contributed by atoms with E-state index in [1.54, 1.807) is 5.38 Å². The number of piperazine rings is 1. The van der Waals surface area contributed by atoms with E-state index >= 15 is 0 Å². The largest absolute Gasteiger partial charge is 0.368 e. The third-order valence-corrected chi connectivity index (χ3v) is 5.78. The average molecular weight is 443 g/mol. The van der Waals surface area contributed by atoms with Crippen LogP contribution in [0, 0.1) is 0 Å². The van der Waals surface area contributed by atoms with Crippen LogP contribution in [-0.4, -0.2) is 57.8 Å². The molecule has 1 N–H and O–H groups in total. The summed E-state index contributed by atoms with van der Waals surface area (Å²) in [5, 5.41) is 5.61. The molecule has 8 nitrogen and oxygen atoms in total. The highest BCUT2D eigenvalue weighted by atomic mass is 35.5. The van der Waals surface area contributed by atoms with Crippen molar-refractivity contribution >= 4 is 45.6 Å². The van der Waals surface area contributed by atoms with Crippen molar-refractivity contribution in [3.8, 4) is 0 Å². The van der Waals surface area contributed by atoms with E-state index in [0.29, 0.717) is 28.9 Å². The maximum atomic E-state index is 12.7. The summed E-state index contributed by atoms with van der Waals surface area (Å²) in [5.74, 6) is -0.350. The molecule has 1 fully saturated rings. The Kier molecular flexibility index (Phi) is 6.20. The SMILES string of the molecule is O=C(Nc1nc(CC(=O)N2CCN(c3ccc(Cl)cc3)CC2)cs1)c1cnccn1. The van der Waals surface area contributed by atoms with E-state index < -0.39 is 0 Å². The lowest BCUT2D eigenvalue weighted by Gasteiger charge is -2.36. The van der Waals surface area contributed by atoms with Gasteiger partial charge in [0.25, 0.3) is 5.91 Å². The summed E-state index contributed by atoms with van der Waals surface area (Å²) in [5.41, 5.74) is 1.96. The Balaban J connectivity index is 1.28. The van der Waals surface area contributed by atoms with Crippen LogP contribution in [0.15, 0.2) is 48.2 Å². The van der Waals surface area contributed by atoms with Crippen LogP contribution in [0.25, 0.3) is 0 Å². The van der Waals surface area contributed by atoms with Crippen LogP contribution < -0.4 is 10.2 Å². The Hall–Kier alpha value is -3.04. The standard InChI is InChI=1S/C20H19ClN6O2S/c21-14-1-3-16(4-2-14)26-7-9-27(10-8-26)18(28)11-15-13-30-20(24-15)25-19(29)17-12-22-5-6-23-17/h1-6,12-13H,7-11H2,(H,24,25,29). The molecule has 4 rings (SSSR count). The van der Waals surface area contributed by atoms with Gasteiger partial charge in [0, 0.05) is 54.7 Å². The number of anilines is 2. The molecule has 2 amide bonds. The maximum Gasteiger partial charge on any atom is 0.277 e. The van der Waals surface area contributed by atoms with Gasteiger partial charge in [-0.15, -0.1) is 11.3 Å². The fraction of sp³-hybridized carbons (Fsp3) is 0.250. The molecule has 1 aliphatic heterocycles. The number of nitrogens with one attached hydrogen (secondary N) is 1. The molecule has 2 aromatic heterocycles. The Labute approximate surface area is 182 Å². The Morgan fingerprint density at radius 3 is 2.57 bits per heavy atom. The fourth-order valence-electron chi connectivity index (χ4n) is 3.16. The van der Waals surface area contributed by atoms with Crippen LogP contribution in [-0.2, 0) is 11.2 Å². The number of halogens is 1. The van der Waals surface area contributed by atoms with Crippen LogP contribution in [0.3, 0.4) is 0 Å². The van der Waals surface area contributed by atoms with Crippen molar-refractivity contribution in [1.29, 1.82) is 0 Å². The second-order valence-corrected chi connectivity index (χ2v) is 8.00. The maximum absolute atomic E-state index is 12.7. The van der Waals surface area contributed by atoms with Gasteiger partial charge in [0.1, 0.15) is 5.69 Å². The Morgan fingerprint density at radius 2 is 1.87 bits per heavy atom. The van der Waals surface area contributed by atoms with E-state index in [-0.39, 0.29) is 23.9 Å². The Morgan fingerprint density at radius 1 is 1.10 bits per heavy atom. The zero-order valence-electron chi connectivity index (χ0n) is 16.0. The molecule has 1 saturated heterocycles. The third kappa shape index (κ3) is 4.92. The van der Waals surface area contributed by atoms with E-state index in [9.17, 15) is 9.59 Å². The van der Waals surface area contributed by atoms with E-state index in [1.165, 1.54) is 29.9 Å². The number of carbonyl (C=O) groups excluding carboxylic acids is 2. The summed E-state index contributed by atoms with van der Waals surface area (Å²) in [4.78, 5) is 41.0. The van der Waals surface area contributed by atoms with Crippen LogP contribution in [0.5, 0.6) is 0 Å². The smallest absolute Gasteiger partial charge is 0.277 e. The van der Waals surface area contributed by atoms with Gasteiger partial charge in [0.05, 0.1) is 18.3 Å². The molecule has 0 bridgehead atoms. The molecule has 3 aromatic rings. The van der Waals surface area contributed by atoms with Gasteiger partial charge in [-0.3, -0.25) is 19.9 Å². The summed E-state index contributed by atoms with van der Waals surface area (Å²) in [6, 6.07) is 7.73. The Bertz CT molecular complexity index is 1020. The zero-order chi connectivity index (χ0) is 20.9. The number of carbonyl (C=O) groups is 2. The molecule has 0 radical (unpaired) electrons. The first kappa shape index (κ1) is 20.2. The minimum absolute atomic E-state index is 0.0304. The fourth-order valence-corrected chi connectivity index (χ4v) is 3.99. The predicted octanol–water partition coefficient (Wildman–Crippen LogP) is 2.73. The zero-order valence-corrected chi connectivity index (χ0v) is 17.6. The van der Waals surface area contributed by atoms with Crippen molar-refractivity contribution in [3.05, 3.63) is 64.6 Å². The van der Waals surface area contributed by atoms with Gasteiger partial charge in [-0.05, 0) is 24.3 Å². The quantitative estimate of drug-likeness (QED) is 0.653. The van der Waals surface area contributed by atoms with Crippen molar-refractivity contribution in [3.63, 3.8) is 0 Å². The molecule has 154 valence electrons. The lowest BCUT2D eigenvalue weighted by Crippen LogP contribution is -2.49. The number of rotatable bonds is 5. The van der Waals surface area contributed by atoms with Gasteiger partial charge in [-0.2, -0.15) is 0 Å². The number of aromatic nitrogens is 3. The van der Waals surface area contributed by atoms with Crippen LogP contribution in [0.1, 0.15) is 16.2 Å². The molecule has 0 saturated carbocycles. The lowest BCUT2D eigenvalue weighted by atomic mass is 10.2. The van der Waals surface area contributed by atoms with Crippen LogP contribution >= 0.6 is 22.9 Å². The monoisotopic (exact) mass is 442 g/mol. The van der Waals surface area contributed by atoms with Crippen LogP contribution in [0.4, 0.5) is 10.8 Å². The highest BCUT2D eigenvalue weighted by Crippen LogP contribution is 2.20. The molecule has 10 heteroatoms. The molecule has 3 heterocycles. The molecule has 0 spiro atoms. The third-order valence-electron chi connectivity index (χ3n) is 4.72. The number of thiazole rings is 1. The topological polar surface area (TPSA) is 91.3 Å². The number of hydrogen-bond acceptors (Lipinski definition) is 7. The summed E-state index contributed by atoms with van der Waals surface area (Å²) >= 11 is 7.23. The molecule has 0 atom stereocenters. The van der Waals surface area contributed by atoms with Crippen LogP contribution in [0.2, 0.25) is 5.02 Å². The van der Waals surface area contributed by atoms with Crippen molar-refractivity contribution < 1.29 is 9.59 Å². The molecular weight excluding hydrogens is 424 g/mol. The normalized spacial score (nSPS) is 13.9. The first-order chi connectivity index (χ1) is 14.6. The number of hydrogen-bond donors (Lipinski definition) is 1. The van der Waals surface area contributed by atoms with Gasteiger partial charge >= 0.3 is 0 Å². The van der Waals surface area contributed by atoms with Crippen molar-refractivity contribution in [2.75, 3.05) is 36.4 Å². The molecular formula is C20H19ClN6O2S. The first-order valence-electron chi connectivity index (χ1n) is 9.38. The highest BCUT2D eigenvalue weighted by Gasteiger charge is 2.22. The highest BCUT2D eigenvalue weighted by molar-refractivity contribution is 7.14. The minimum atomic E-state index is -0.381. The molecule has 0 unspecified atom stereocenters. The van der Waals surface area contributed by atoms with Gasteiger partial charge in [0.2, 0.25) is 5.91 Å². The second-order valence-electron chi connectivity index (χ2n) is 6.71. The van der Waals surface area contributed by atoms with E-state index in [0.717, 1.165) is 18.8 Å². The minimum Gasteiger partial charge on any atom is -0.368 e. The van der Waals surface area contributed by atoms with E-state index in [4.69, 9.17) is 11.6 Å². The number of benzene rings is 1. The van der Waals surface area contributed by atoms with Crippen molar-refractivity contribution in [2.45, 2.75) is 6.42 Å². The van der Waals surface area contributed by atoms with E-state index in [1.807, 2.05) is 29.2 Å². The molecule has 0 aliphatic carbocycles. The molecule has 1 aromatic carbocycles. The van der Waals surface area contributed by atoms with Crippen molar-refractivity contribution in [1.82, 2.24) is 19.9 Å². The van der Waals surface area contributed by atoms with Crippen molar-refractivity contribution in [2.24, 2.45) is 0 Å². The number of amides is 2. The summed E-state index contributed by atoms with van der Waals surface area (Å²) in [7, 11) is 0. The van der Waals surface area contributed by atoms with Gasteiger partial charge in [-0.25, -0.2) is 9.97 Å². The number of nitrogens with zero attached hydrogens (tertiary/aromatic N) is 5. The van der Waals surface area contributed by atoms with Gasteiger partial charge in [-0.1, -0.05) is 11.6 Å². The molecule has 30 heavy (non-hydrogen) atoms. The first-order valence-corrected chi connectivity index (χ1v) is 10.6. The predicted molar refractivity (Wildman–Crippen MR) is 116 cm³/mol. The molecule has 1 aliphatic rings. The second kappa shape index (κ2) is 9.19. The average Bonchev–Trinajstić information content (AvgIpc) is 3.21.